The van der Waals surface area contributed by atoms with Crippen molar-refractivity contribution in [3.63, 3.8) is 0 Å². The average Bonchev–Trinajstić information content (AvgIpc) is 2.66. The summed E-state index contributed by atoms with van der Waals surface area (Å²) in [6.45, 7) is 4.74. The Balaban J connectivity index is 2.28. The van der Waals surface area contributed by atoms with Gasteiger partial charge in [0.2, 0.25) is 12.4 Å². The zero-order valence-electron chi connectivity index (χ0n) is 17.8. The van der Waals surface area contributed by atoms with Gasteiger partial charge in [0.25, 0.3) is 0 Å². The van der Waals surface area contributed by atoms with E-state index in [9.17, 15) is 19.2 Å². The minimum Gasteiger partial charge on any atom is -0.456 e. The lowest BCUT2D eigenvalue weighted by Crippen LogP contribution is -2.63. The predicted molar refractivity (Wildman–Crippen MR) is 103 cm³/mol. The molecule has 0 saturated carbocycles. The molecule has 1 heterocycles. The molecular formula is C21H26O10. The summed E-state index contributed by atoms with van der Waals surface area (Å²) in [5.74, 6) is -2.83. The van der Waals surface area contributed by atoms with Gasteiger partial charge < -0.3 is 28.4 Å². The Morgan fingerprint density at radius 1 is 0.742 bits per heavy atom. The highest BCUT2D eigenvalue weighted by Gasteiger charge is 2.53. The van der Waals surface area contributed by atoms with Crippen LogP contribution < -0.4 is 0 Å². The number of carbonyl (C=O) groups excluding carboxylic acids is 4. The Morgan fingerprint density at radius 3 is 1.81 bits per heavy atom. The molecule has 2 rings (SSSR count). The van der Waals surface area contributed by atoms with Crippen LogP contribution in [0.5, 0.6) is 0 Å². The van der Waals surface area contributed by atoms with Crippen LogP contribution in [0.3, 0.4) is 0 Å². The van der Waals surface area contributed by atoms with Crippen LogP contribution in [0.2, 0.25) is 0 Å². The fraction of sp³-hybridized carbons (Fsp3) is 0.524. The number of rotatable bonds is 8. The van der Waals surface area contributed by atoms with Crippen molar-refractivity contribution < 1.29 is 47.6 Å². The van der Waals surface area contributed by atoms with E-state index in [0.29, 0.717) is 0 Å². The van der Waals surface area contributed by atoms with Gasteiger partial charge in [0.1, 0.15) is 6.10 Å². The molecule has 31 heavy (non-hydrogen) atoms. The third-order valence-corrected chi connectivity index (χ3v) is 4.17. The summed E-state index contributed by atoms with van der Waals surface area (Å²) >= 11 is 0. The molecule has 0 aliphatic carbocycles. The first kappa shape index (κ1) is 24.3. The molecule has 10 nitrogen and oxygen atoms in total. The maximum atomic E-state index is 11.7. The molecule has 1 fully saturated rings. The highest BCUT2D eigenvalue weighted by molar-refractivity contribution is 5.69. The molecule has 0 radical (unpaired) electrons. The summed E-state index contributed by atoms with van der Waals surface area (Å²) in [4.78, 5) is 46.6. The predicted octanol–water partition coefficient (Wildman–Crippen LogP) is 1.29. The molecule has 0 amide bonds. The maximum absolute atomic E-state index is 11.7. The van der Waals surface area contributed by atoms with E-state index >= 15 is 0 Å². The topological polar surface area (TPSA) is 124 Å². The van der Waals surface area contributed by atoms with Crippen LogP contribution in [0.1, 0.15) is 33.3 Å². The fourth-order valence-corrected chi connectivity index (χ4v) is 3.11. The van der Waals surface area contributed by atoms with E-state index in [2.05, 4.69) is 0 Å². The summed E-state index contributed by atoms with van der Waals surface area (Å²) < 4.78 is 32.4. The number of hydrogen-bond donors (Lipinski definition) is 0. The Morgan fingerprint density at radius 2 is 1.26 bits per heavy atom. The Kier molecular flexibility index (Phi) is 8.95. The van der Waals surface area contributed by atoms with Crippen LogP contribution in [-0.2, 0) is 54.2 Å². The Bertz CT molecular complexity index is 778. The van der Waals surface area contributed by atoms with Gasteiger partial charge in [0.05, 0.1) is 13.2 Å². The van der Waals surface area contributed by atoms with Crippen LogP contribution >= 0.6 is 0 Å². The normalized spacial score (nSPS) is 25.2. The molecule has 170 valence electrons. The second-order valence-electron chi connectivity index (χ2n) is 6.88. The molecule has 0 bridgehead atoms. The standard InChI is InChI=1S/C21H26O10/c1-12(22)27-18-17(11-26-10-16-8-6-5-7-9-16)31-21(30-15(4)25)20(29-14(3)24)19(18)28-13(2)23/h5-9,17-21H,10-11H2,1-4H3/t17?,18-,19-,20+,21?/m1/s1. The van der Waals surface area contributed by atoms with Gasteiger partial charge in [-0.15, -0.1) is 0 Å². The zero-order valence-corrected chi connectivity index (χ0v) is 17.8. The van der Waals surface area contributed by atoms with E-state index in [1.54, 1.807) is 0 Å². The lowest BCUT2D eigenvalue weighted by atomic mass is 9.98. The van der Waals surface area contributed by atoms with Crippen molar-refractivity contribution in [2.45, 2.75) is 65.0 Å². The van der Waals surface area contributed by atoms with Crippen molar-refractivity contribution in [3.8, 4) is 0 Å². The Hall–Kier alpha value is -2.98. The molecule has 0 aromatic heterocycles. The van der Waals surface area contributed by atoms with E-state index in [1.807, 2.05) is 30.3 Å². The van der Waals surface area contributed by atoms with Crippen LogP contribution in [0.25, 0.3) is 0 Å². The first-order valence-electron chi connectivity index (χ1n) is 9.63. The smallest absolute Gasteiger partial charge is 0.305 e. The van der Waals surface area contributed by atoms with Crippen LogP contribution in [0.15, 0.2) is 30.3 Å². The highest BCUT2D eigenvalue weighted by atomic mass is 16.7. The van der Waals surface area contributed by atoms with Gasteiger partial charge >= 0.3 is 23.9 Å². The molecule has 1 aromatic rings. The molecule has 0 spiro atoms. The van der Waals surface area contributed by atoms with Crippen LogP contribution in [-0.4, -0.2) is 61.2 Å². The minimum atomic E-state index is -1.40. The van der Waals surface area contributed by atoms with E-state index < -0.39 is 54.6 Å². The lowest BCUT2D eigenvalue weighted by Gasteiger charge is -2.43. The fourth-order valence-electron chi connectivity index (χ4n) is 3.11. The van der Waals surface area contributed by atoms with E-state index in [0.717, 1.165) is 26.3 Å². The van der Waals surface area contributed by atoms with Gasteiger partial charge in [-0.2, -0.15) is 0 Å². The van der Waals surface area contributed by atoms with Gasteiger partial charge in [0, 0.05) is 27.7 Å². The molecule has 1 aliphatic heterocycles. The second kappa shape index (κ2) is 11.4. The highest BCUT2D eigenvalue weighted by Crippen LogP contribution is 2.30. The monoisotopic (exact) mass is 438 g/mol. The van der Waals surface area contributed by atoms with Crippen molar-refractivity contribution in [3.05, 3.63) is 35.9 Å². The van der Waals surface area contributed by atoms with E-state index in [-0.39, 0.29) is 13.2 Å². The van der Waals surface area contributed by atoms with Crippen LogP contribution in [0.4, 0.5) is 0 Å². The van der Waals surface area contributed by atoms with E-state index in [1.165, 1.54) is 6.92 Å². The van der Waals surface area contributed by atoms with Gasteiger partial charge in [-0.25, -0.2) is 0 Å². The summed E-state index contributed by atoms with van der Waals surface area (Å²) in [5, 5.41) is 0. The maximum Gasteiger partial charge on any atom is 0.305 e. The molecule has 10 heteroatoms. The molecular weight excluding hydrogens is 412 g/mol. The van der Waals surface area contributed by atoms with Crippen molar-refractivity contribution in [1.82, 2.24) is 0 Å². The van der Waals surface area contributed by atoms with Gasteiger partial charge in [0.15, 0.2) is 12.2 Å². The summed E-state index contributed by atoms with van der Waals surface area (Å²) in [6.07, 6.45) is -6.18. The largest absolute Gasteiger partial charge is 0.456 e. The van der Waals surface area contributed by atoms with E-state index in [4.69, 9.17) is 28.4 Å². The summed E-state index contributed by atoms with van der Waals surface area (Å²) in [6, 6.07) is 9.31. The molecule has 0 N–H and O–H groups in total. The molecule has 1 aromatic carbocycles. The van der Waals surface area contributed by atoms with Crippen molar-refractivity contribution in [1.29, 1.82) is 0 Å². The van der Waals surface area contributed by atoms with Crippen molar-refractivity contribution >= 4 is 23.9 Å². The van der Waals surface area contributed by atoms with Gasteiger partial charge in [-0.3, -0.25) is 19.2 Å². The number of carbonyl (C=O) groups is 4. The number of esters is 4. The Labute approximate surface area is 179 Å². The van der Waals surface area contributed by atoms with Gasteiger partial charge in [-0.05, 0) is 5.56 Å². The third-order valence-electron chi connectivity index (χ3n) is 4.17. The zero-order chi connectivity index (χ0) is 23.0. The second-order valence-corrected chi connectivity index (χ2v) is 6.88. The number of hydrogen-bond acceptors (Lipinski definition) is 10. The number of benzene rings is 1. The first-order valence-corrected chi connectivity index (χ1v) is 9.63. The SMILES string of the molecule is CC(=O)OC1OC(COCc2ccccc2)[C@@H](OC(C)=O)[C@@H](OC(C)=O)[C@@H]1OC(C)=O. The van der Waals surface area contributed by atoms with Crippen LogP contribution in [0, 0.1) is 0 Å². The molecule has 5 atom stereocenters. The molecule has 1 saturated heterocycles. The first-order chi connectivity index (χ1) is 14.7. The molecule has 2 unspecified atom stereocenters. The summed E-state index contributed by atoms with van der Waals surface area (Å²) in [7, 11) is 0. The summed E-state index contributed by atoms with van der Waals surface area (Å²) in [5.41, 5.74) is 0.896. The van der Waals surface area contributed by atoms with Crippen molar-refractivity contribution in [2.24, 2.45) is 0 Å². The van der Waals surface area contributed by atoms with Gasteiger partial charge in [-0.1, -0.05) is 30.3 Å². The quantitative estimate of drug-likeness (QED) is 0.433. The number of ether oxygens (including phenoxy) is 6. The molecule has 1 aliphatic rings. The third kappa shape index (κ3) is 7.65. The van der Waals surface area contributed by atoms with Crippen molar-refractivity contribution in [2.75, 3.05) is 6.61 Å². The average molecular weight is 438 g/mol. The minimum absolute atomic E-state index is 0.0881. The lowest BCUT2D eigenvalue weighted by molar-refractivity contribution is -0.301.